The summed E-state index contributed by atoms with van der Waals surface area (Å²) in [6.07, 6.45) is -6.21. The van der Waals surface area contributed by atoms with Gasteiger partial charge in [-0.1, -0.05) is 36.4 Å². The van der Waals surface area contributed by atoms with E-state index in [-0.39, 0.29) is 31.7 Å². The summed E-state index contributed by atoms with van der Waals surface area (Å²) in [5.74, 6) is -1.98. The van der Waals surface area contributed by atoms with Crippen molar-refractivity contribution in [2.45, 2.75) is 50.0 Å². The summed E-state index contributed by atoms with van der Waals surface area (Å²) in [4.78, 5) is 24.9. The smallest absolute Gasteiger partial charge is 0.407 e. The number of hydrogen-bond acceptors (Lipinski definition) is 5. The minimum atomic E-state index is -4.56. The monoisotopic (exact) mass is 622 g/mol. The standard InChI is InChI=1S/C32H32F6N2O4/c33-23-8-4-20(5-9-23)29(21-6-10-24(34)11-7-21)15-25(41)14-22-2-1-3-30(35)28(22)13-12-26-16-39-17-27(44-26)18-43-31(42)40-19-32(36,37)38/h1-11,26-27,29,39H,12-19H2,(H,40,42)/t26-,27+/m1/s1. The van der Waals surface area contributed by atoms with Gasteiger partial charge in [-0.15, -0.1) is 0 Å². The van der Waals surface area contributed by atoms with E-state index in [1.165, 1.54) is 36.4 Å². The maximum atomic E-state index is 15.0. The molecule has 1 heterocycles. The molecule has 44 heavy (non-hydrogen) atoms. The van der Waals surface area contributed by atoms with Crippen LogP contribution in [0.2, 0.25) is 0 Å². The highest BCUT2D eigenvalue weighted by molar-refractivity contribution is 5.82. The molecule has 3 aromatic rings. The number of hydrogen-bond donors (Lipinski definition) is 2. The molecule has 1 aliphatic rings. The van der Waals surface area contributed by atoms with Crippen molar-refractivity contribution in [1.82, 2.24) is 10.6 Å². The van der Waals surface area contributed by atoms with E-state index in [9.17, 15) is 35.9 Å². The number of amides is 1. The summed E-state index contributed by atoms with van der Waals surface area (Å²) < 4.78 is 89.7. The van der Waals surface area contributed by atoms with Crippen LogP contribution in [-0.4, -0.2) is 56.5 Å². The molecule has 1 aliphatic heterocycles. The van der Waals surface area contributed by atoms with Gasteiger partial charge in [-0.3, -0.25) is 4.79 Å². The molecular weight excluding hydrogens is 590 g/mol. The van der Waals surface area contributed by atoms with Crippen LogP contribution in [-0.2, 0) is 27.1 Å². The molecule has 1 amide bonds. The summed E-state index contributed by atoms with van der Waals surface area (Å²) in [6.45, 7) is -1.04. The van der Waals surface area contributed by atoms with Crippen LogP contribution >= 0.6 is 0 Å². The SMILES string of the molecule is O=C(Cc1cccc(F)c1CC[C@@H]1CNC[C@@H](COC(=O)NCC(F)(F)F)O1)CC(c1ccc(F)cc1)c1ccc(F)cc1. The summed E-state index contributed by atoms with van der Waals surface area (Å²) in [5, 5.41) is 4.73. The number of ether oxygens (including phenoxy) is 2. The number of morpholine rings is 1. The predicted molar refractivity (Wildman–Crippen MR) is 150 cm³/mol. The lowest BCUT2D eigenvalue weighted by Gasteiger charge is -2.31. The van der Waals surface area contributed by atoms with Gasteiger partial charge < -0.3 is 20.1 Å². The number of alkyl carbamates (subject to hydrolysis) is 1. The molecule has 2 N–H and O–H groups in total. The maximum Gasteiger partial charge on any atom is 0.407 e. The molecule has 0 aromatic heterocycles. The molecule has 0 saturated carbocycles. The van der Waals surface area contributed by atoms with E-state index in [4.69, 9.17) is 9.47 Å². The lowest BCUT2D eigenvalue weighted by Crippen LogP contribution is -2.47. The average molecular weight is 623 g/mol. The third-order valence-electron chi connectivity index (χ3n) is 7.26. The van der Waals surface area contributed by atoms with Crippen LogP contribution in [0.15, 0.2) is 66.7 Å². The first-order valence-electron chi connectivity index (χ1n) is 14.1. The molecule has 6 nitrogen and oxygen atoms in total. The number of carbonyl (C=O) groups excluding carboxylic acids is 2. The predicted octanol–water partition coefficient (Wildman–Crippen LogP) is 6.02. The van der Waals surface area contributed by atoms with Crippen molar-refractivity contribution in [3.05, 3.63) is 106 Å². The number of rotatable bonds is 12. The highest BCUT2D eigenvalue weighted by atomic mass is 19.4. The molecule has 2 atom stereocenters. The van der Waals surface area contributed by atoms with Crippen molar-refractivity contribution in [1.29, 1.82) is 0 Å². The van der Waals surface area contributed by atoms with E-state index in [1.807, 2.05) is 0 Å². The van der Waals surface area contributed by atoms with Crippen LogP contribution < -0.4 is 10.6 Å². The van der Waals surface area contributed by atoms with Gasteiger partial charge in [-0.25, -0.2) is 18.0 Å². The van der Waals surface area contributed by atoms with Gasteiger partial charge in [0.05, 0.1) is 6.10 Å². The molecule has 0 bridgehead atoms. The maximum absolute atomic E-state index is 15.0. The van der Waals surface area contributed by atoms with Crippen molar-refractivity contribution in [2.75, 3.05) is 26.2 Å². The van der Waals surface area contributed by atoms with Crippen LogP contribution in [0.3, 0.4) is 0 Å². The fourth-order valence-corrected chi connectivity index (χ4v) is 5.12. The number of ketones is 1. The molecular formula is C32H32F6N2O4. The van der Waals surface area contributed by atoms with Crippen molar-refractivity contribution in [3.63, 3.8) is 0 Å². The molecule has 1 fully saturated rings. The quantitative estimate of drug-likeness (QED) is 0.242. The number of benzene rings is 3. The van der Waals surface area contributed by atoms with Crippen molar-refractivity contribution < 1.29 is 45.4 Å². The third-order valence-corrected chi connectivity index (χ3v) is 7.26. The number of halogens is 6. The van der Waals surface area contributed by atoms with E-state index >= 15 is 0 Å². The third kappa shape index (κ3) is 10.1. The number of carbonyl (C=O) groups is 2. The Morgan fingerprint density at radius 1 is 0.909 bits per heavy atom. The first-order chi connectivity index (χ1) is 21.0. The largest absolute Gasteiger partial charge is 0.447 e. The Morgan fingerprint density at radius 2 is 1.52 bits per heavy atom. The Balaban J connectivity index is 1.36. The Bertz CT molecular complexity index is 1350. The van der Waals surface area contributed by atoms with Gasteiger partial charge in [0.1, 0.15) is 42.5 Å². The van der Waals surface area contributed by atoms with Gasteiger partial charge in [0.2, 0.25) is 0 Å². The minimum Gasteiger partial charge on any atom is -0.447 e. The fraction of sp³-hybridized carbons (Fsp3) is 0.375. The number of nitrogens with one attached hydrogen (secondary N) is 2. The molecule has 1 saturated heterocycles. The summed E-state index contributed by atoms with van der Waals surface area (Å²) in [5.41, 5.74) is 2.24. The Labute approximate surface area is 250 Å². The van der Waals surface area contributed by atoms with Crippen LogP contribution in [0.1, 0.15) is 41.0 Å². The average Bonchev–Trinajstić information content (AvgIpc) is 2.98. The highest BCUT2D eigenvalue weighted by Crippen LogP contribution is 2.30. The molecule has 0 aliphatic carbocycles. The van der Waals surface area contributed by atoms with Gasteiger partial charge in [-0.2, -0.15) is 13.2 Å². The molecule has 0 spiro atoms. The van der Waals surface area contributed by atoms with Gasteiger partial charge in [-0.05, 0) is 65.4 Å². The van der Waals surface area contributed by atoms with Crippen LogP contribution in [0.5, 0.6) is 0 Å². The van der Waals surface area contributed by atoms with E-state index < -0.39 is 54.4 Å². The van der Waals surface area contributed by atoms with E-state index in [0.29, 0.717) is 41.8 Å². The number of Topliss-reactive ketones (excluding diaryl/α,β-unsaturated/α-hetero) is 1. The number of alkyl halides is 3. The lowest BCUT2D eigenvalue weighted by atomic mass is 9.85. The molecule has 12 heteroatoms. The van der Waals surface area contributed by atoms with Gasteiger partial charge >= 0.3 is 12.3 Å². The summed E-state index contributed by atoms with van der Waals surface area (Å²) in [6, 6.07) is 16.0. The Morgan fingerprint density at radius 3 is 2.14 bits per heavy atom. The Kier molecular flexibility index (Phi) is 11.4. The zero-order chi connectivity index (χ0) is 31.7. The second kappa shape index (κ2) is 15.2. The zero-order valence-electron chi connectivity index (χ0n) is 23.6. The van der Waals surface area contributed by atoms with Crippen LogP contribution in [0, 0.1) is 17.5 Å². The first kappa shape index (κ1) is 33.0. The minimum absolute atomic E-state index is 0.0289. The first-order valence-corrected chi connectivity index (χ1v) is 14.1. The van der Waals surface area contributed by atoms with Gasteiger partial charge in [0.15, 0.2) is 0 Å². The molecule has 3 aromatic carbocycles. The molecule has 0 radical (unpaired) electrons. The van der Waals surface area contributed by atoms with Gasteiger partial charge in [0, 0.05) is 31.8 Å². The van der Waals surface area contributed by atoms with Gasteiger partial charge in [0.25, 0.3) is 0 Å². The zero-order valence-corrected chi connectivity index (χ0v) is 23.6. The van der Waals surface area contributed by atoms with Crippen molar-refractivity contribution in [2.24, 2.45) is 0 Å². The second-order valence-corrected chi connectivity index (χ2v) is 10.6. The van der Waals surface area contributed by atoms with E-state index in [2.05, 4.69) is 5.32 Å². The van der Waals surface area contributed by atoms with E-state index in [1.54, 1.807) is 35.6 Å². The Hall–Kier alpha value is -3.90. The summed E-state index contributed by atoms with van der Waals surface area (Å²) >= 11 is 0. The van der Waals surface area contributed by atoms with Crippen molar-refractivity contribution >= 4 is 11.9 Å². The lowest BCUT2D eigenvalue weighted by molar-refractivity contribution is -0.124. The molecule has 236 valence electrons. The summed E-state index contributed by atoms with van der Waals surface area (Å²) in [7, 11) is 0. The normalized spacial score (nSPS) is 17.0. The van der Waals surface area contributed by atoms with Crippen molar-refractivity contribution in [3.8, 4) is 0 Å². The second-order valence-electron chi connectivity index (χ2n) is 10.6. The molecule has 0 unspecified atom stereocenters. The van der Waals surface area contributed by atoms with E-state index in [0.717, 1.165) is 0 Å². The highest BCUT2D eigenvalue weighted by Gasteiger charge is 2.29. The van der Waals surface area contributed by atoms with Crippen LogP contribution in [0.25, 0.3) is 0 Å². The van der Waals surface area contributed by atoms with Crippen LogP contribution in [0.4, 0.5) is 31.1 Å². The fourth-order valence-electron chi connectivity index (χ4n) is 5.12. The topological polar surface area (TPSA) is 76.7 Å². The molecule has 4 rings (SSSR count).